The van der Waals surface area contributed by atoms with Gasteiger partial charge in [0.1, 0.15) is 12.4 Å². The number of aryl methyl sites for hydroxylation is 1. The average molecular weight is 374 g/mol. The van der Waals surface area contributed by atoms with Crippen LogP contribution in [0.5, 0.6) is 5.75 Å². The van der Waals surface area contributed by atoms with E-state index in [4.69, 9.17) is 9.15 Å². The van der Waals surface area contributed by atoms with Crippen LogP contribution in [0, 0.1) is 6.92 Å². The molecule has 4 rings (SSSR count). The maximum atomic E-state index is 11.9. The third-order valence-electron chi connectivity index (χ3n) is 4.29. The molecule has 0 aliphatic carbocycles. The molecular formula is C17H18N4O4S. The monoisotopic (exact) mass is 374 g/mol. The second-order valence-corrected chi connectivity index (χ2v) is 8.45. The minimum Gasteiger partial charge on any atom is -0.486 e. The van der Waals surface area contributed by atoms with Gasteiger partial charge >= 0.3 is 0 Å². The van der Waals surface area contributed by atoms with Crippen molar-refractivity contribution in [2.75, 3.05) is 11.5 Å². The fourth-order valence-corrected chi connectivity index (χ4v) is 4.68. The van der Waals surface area contributed by atoms with E-state index in [9.17, 15) is 8.42 Å². The summed E-state index contributed by atoms with van der Waals surface area (Å²) in [7, 11) is -3.05. The predicted octanol–water partition coefficient (Wildman–Crippen LogP) is 2.18. The Morgan fingerprint density at radius 1 is 1.31 bits per heavy atom. The number of sulfone groups is 1. The molecular weight excluding hydrogens is 356 g/mol. The molecule has 3 aromatic rings. The third kappa shape index (κ3) is 3.34. The van der Waals surface area contributed by atoms with Crippen molar-refractivity contribution in [2.24, 2.45) is 0 Å². The van der Waals surface area contributed by atoms with Crippen LogP contribution in [0.25, 0.3) is 11.6 Å². The Hall–Kier alpha value is -2.68. The van der Waals surface area contributed by atoms with E-state index in [2.05, 4.69) is 15.1 Å². The van der Waals surface area contributed by atoms with Crippen molar-refractivity contribution in [3.63, 3.8) is 0 Å². The Balaban J connectivity index is 1.65. The summed E-state index contributed by atoms with van der Waals surface area (Å²) in [5.41, 5.74) is 0.676. The average Bonchev–Trinajstić information content (AvgIpc) is 3.32. The van der Waals surface area contributed by atoms with Gasteiger partial charge in [0.05, 0.1) is 23.2 Å². The maximum Gasteiger partial charge on any atom is 0.196 e. The van der Waals surface area contributed by atoms with Gasteiger partial charge in [0.25, 0.3) is 0 Å². The van der Waals surface area contributed by atoms with E-state index in [1.807, 2.05) is 37.3 Å². The first-order valence-electron chi connectivity index (χ1n) is 8.26. The number of oxazole rings is 1. The highest BCUT2D eigenvalue weighted by molar-refractivity contribution is 7.91. The van der Waals surface area contributed by atoms with Crippen molar-refractivity contribution in [1.29, 1.82) is 0 Å². The number of aromatic nitrogens is 4. The first kappa shape index (κ1) is 16.8. The number of para-hydroxylation sites is 1. The molecule has 0 bridgehead atoms. The molecule has 0 radical (unpaired) electrons. The summed E-state index contributed by atoms with van der Waals surface area (Å²) in [6.07, 6.45) is 1.85. The Kier molecular flexibility index (Phi) is 4.23. The Morgan fingerprint density at radius 3 is 2.77 bits per heavy atom. The predicted molar refractivity (Wildman–Crippen MR) is 93.3 cm³/mol. The van der Waals surface area contributed by atoms with E-state index in [-0.39, 0.29) is 24.2 Å². The molecule has 0 spiro atoms. The normalized spacial score (nSPS) is 18.9. The molecule has 3 heterocycles. The summed E-state index contributed by atoms with van der Waals surface area (Å²) in [5.74, 6) is 2.35. The summed E-state index contributed by atoms with van der Waals surface area (Å²) in [5, 5.41) is 4.50. The van der Waals surface area contributed by atoms with Gasteiger partial charge in [0.15, 0.2) is 33.6 Å². The summed E-state index contributed by atoms with van der Waals surface area (Å²) in [6.45, 7) is 1.99. The second-order valence-electron chi connectivity index (χ2n) is 6.22. The van der Waals surface area contributed by atoms with Crippen LogP contribution in [0.15, 0.2) is 41.1 Å². The molecule has 1 aliphatic rings. The van der Waals surface area contributed by atoms with Gasteiger partial charge in [0, 0.05) is 0 Å². The number of hydrogen-bond donors (Lipinski definition) is 0. The fourth-order valence-electron chi connectivity index (χ4n) is 2.99. The largest absolute Gasteiger partial charge is 0.486 e. The molecule has 1 saturated heterocycles. The molecule has 0 unspecified atom stereocenters. The molecule has 1 fully saturated rings. The molecule has 1 aliphatic heterocycles. The van der Waals surface area contributed by atoms with Crippen molar-refractivity contribution in [3.05, 3.63) is 48.2 Å². The SMILES string of the molecule is Cc1ncoc1-c1nc(COc2ccccc2)nn1[C@@H]1CCS(=O)(=O)C1. The highest BCUT2D eigenvalue weighted by Crippen LogP contribution is 2.29. The van der Waals surface area contributed by atoms with Crippen molar-refractivity contribution >= 4 is 9.84 Å². The molecule has 1 aromatic carbocycles. The van der Waals surface area contributed by atoms with Crippen LogP contribution in [0.1, 0.15) is 24.0 Å². The molecule has 2 aromatic heterocycles. The van der Waals surface area contributed by atoms with E-state index in [1.165, 1.54) is 6.39 Å². The number of hydrogen-bond acceptors (Lipinski definition) is 7. The number of benzene rings is 1. The zero-order valence-electron chi connectivity index (χ0n) is 14.2. The van der Waals surface area contributed by atoms with Crippen LogP contribution < -0.4 is 4.74 Å². The van der Waals surface area contributed by atoms with E-state index in [0.717, 1.165) is 0 Å². The summed E-state index contributed by atoms with van der Waals surface area (Å²) in [6, 6.07) is 9.11. The van der Waals surface area contributed by atoms with Gasteiger partial charge in [-0.05, 0) is 25.5 Å². The van der Waals surface area contributed by atoms with Gasteiger partial charge in [-0.2, -0.15) is 5.10 Å². The van der Waals surface area contributed by atoms with Crippen LogP contribution in [0.4, 0.5) is 0 Å². The van der Waals surface area contributed by atoms with Crippen molar-refractivity contribution in [2.45, 2.75) is 26.0 Å². The number of nitrogens with zero attached hydrogens (tertiary/aromatic N) is 4. The third-order valence-corrected chi connectivity index (χ3v) is 6.04. The lowest BCUT2D eigenvalue weighted by molar-refractivity contribution is 0.294. The van der Waals surface area contributed by atoms with Gasteiger partial charge in [-0.25, -0.2) is 23.1 Å². The van der Waals surface area contributed by atoms with E-state index in [1.54, 1.807) is 4.68 Å². The van der Waals surface area contributed by atoms with Crippen molar-refractivity contribution in [3.8, 4) is 17.3 Å². The zero-order valence-corrected chi connectivity index (χ0v) is 15.0. The standard InChI is InChI=1S/C17H18N4O4S/c1-12-16(25-11-18-12)17-19-15(9-24-14-5-3-2-4-6-14)20-21(17)13-7-8-26(22,23)10-13/h2-6,11,13H,7-10H2,1H3/t13-/m1/s1. The number of ether oxygens (including phenoxy) is 1. The van der Waals surface area contributed by atoms with Crippen LogP contribution in [-0.4, -0.2) is 39.7 Å². The summed E-state index contributed by atoms with van der Waals surface area (Å²) >= 11 is 0. The lowest BCUT2D eigenvalue weighted by Gasteiger charge is -2.10. The Labute approximate surface area is 150 Å². The lowest BCUT2D eigenvalue weighted by Crippen LogP contribution is -2.14. The van der Waals surface area contributed by atoms with Crippen molar-refractivity contribution in [1.82, 2.24) is 19.7 Å². The molecule has 0 amide bonds. The zero-order chi connectivity index (χ0) is 18.1. The minimum absolute atomic E-state index is 0.0511. The van der Waals surface area contributed by atoms with Gasteiger partial charge in [-0.1, -0.05) is 18.2 Å². The van der Waals surface area contributed by atoms with E-state index < -0.39 is 9.84 Å². The minimum atomic E-state index is -3.05. The van der Waals surface area contributed by atoms with Crippen LogP contribution >= 0.6 is 0 Å². The molecule has 1 atom stereocenters. The fraction of sp³-hybridized carbons (Fsp3) is 0.353. The maximum absolute atomic E-state index is 11.9. The molecule has 8 nitrogen and oxygen atoms in total. The van der Waals surface area contributed by atoms with Gasteiger partial charge in [-0.15, -0.1) is 0 Å². The van der Waals surface area contributed by atoms with E-state index in [0.29, 0.717) is 35.3 Å². The highest BCUT2D eigenvalue weighted by atomic mass is 32.2. The van der Waals surface area contributed by atoms with Crippen LogP contribution in [0.3, 0.4) is 0 Å². The molecule has 0 N–H and O–H groups in total. The molecule has 136 valence electrons. The topological polar surface area (TPSA) is 100 Å². The number of rotatable bonds is 5. The smallest absolute Gasteiger partial charge is 0.196 e. The molecule has 9 heteroatoms. The quantitative estimate of drug-likeness (QED) is 0.675. The summed E-state index contributed by atoms with van der Waals surface area (Å²) in [4.78, 5) is 8.61. The highest BCUT2D eigenvalue weighted by Gasteiger charge is 2.33. The van der Waals surface area contributed by atoms with Gasteiger partial charge in [0.2, 0.25) is 0 Å². The first-order chi connectivity index (χ1) is 12.5. The van der Waals surface area contributed by atoms with Crippen LogP contribution in [-0.2, 0) is 16.4 Å². The second kappa shape index (κ2) is 6.56. The molecule has 0 saturated carbocycles. The van der Waals surface area contributed by atoms with E-state index >= 15 is 0 Å². The first-order valence-corrected chi connectivity index (χ1v) is 10.1. The van der Waals surface area contributed by atoms with Gasteiger partial charge in [-0.3, -0.25) is 0 Å². The summed E-state index contributed by atoms with van der Waals surface area (Å²) < 4.78 is 36.6. The Bertz CT molecular complexity index is 1010. The molecule has 26 heavy (non-hydrogen) atoms. The Morgan fingerprint density at radius 2 is 2.12 bits per heavy atom. The lowest BCUT2D eigenvalue weighted by atomic mass is 10.2. The van der Waals surface area contributed by atoms with Crippen LogP contribution in [0.2, 0.25) is 0 Å². The van der Waals surface area contributed by atoms with Crippen molar-refractivity contribution < 1.29 is 17.6 Å². The van der Waals surface area contributed by atoms with Gasteiger partial charge < -0.3 is 9.15 Å².